The smallest absolute Gasteiger partial charge is 0.320 e. The molecule has 0 aromatic heterocycles. The summed E-state index contributed by atoms with van der Waals surface area (Å²) in [5, 5.41) is 12.4. The quantitative estimate of drug-likeness (QED) is 0.814. The Morgan fingerprint density at radius 1 is 1.47 bits per heavy atom. The van der Waals surface area contributed by atoms with Crippen LogP contribution in [0, 0.1) is 0 Å². The van der Waals surface area contributed by atoms with E-state index in [1.807, 2.05) is 45.0 Å². The van der Waals surface area contributed by atoms with Crippen molar-refractivity contribution < 1.29 is 14.6 Å². The molecule has 5 heteroatoms. The van der Waals surface area contributed by atoms with Crippen molar-refractivity contribution in [1.29, 1.82) is 0 Å². The van der Waals surface area contributed by atoms with E-state index in [0.717, 1.165) is 10.0 Å². The van der Waals surface area contributed by atoms with E-state index >= 15 is 0 Å². The molecule has 0 bridgehead atoms. The Hall–Kier alpha value is -0.910. The minimum atomic E-state index is -0.497. The van der Waals surface area contributed by atoms with E-state index < -0.39 is 5.60 Å². The van der Waals surface area contributed by atoms with Crippen LogP contribution in [0.4, 0.5) is 0 Å². The molecule has 19 heavy (non-hydrogen) atoms. The van der Waals surface area contributed by atoms with Crippen LogP contribution >= 0.6 is 15.9 Å². The summed E-state index contributed by atoms with van der Waals surface area (Å²) in [5.41, 5.74) is 0.420. The maximum absolute atomic E-state index is 11.6. The highest BCUT2D eigenvalue weighted by Gasteiger charge is 2.18. The van der Waals surface area contributed by atoms with Gasteiger partial charge in [-0.05, 0) is 38.5 Å². The van der Waals surface area contributed by atoms with Gasteiger partial charge in [-0.2, -0.15) is 0 Å². The molecule has 106 valence electrons. The lowest BCUT2D eigenvalue weighted by molar-refractivity contribution is -0.153. The lowest BCUT2D eigenvalue weighted by Crippen LogP contribution is -2.34. The molecule has 0 saturated heterocycles. The van der Waals surface area contributed by atoms with Gasteiger partial charge in [0.2, 0.25) is 0 Å². The number of aliphatic hydroxyl groups excluding tert-OH is 1. The van der Waals surface area contributed by atoms with Crippen molar-refractivity contribution in [3.63, 3.8) is 0 Å². The summed E-state index contributed by atoms with van der Waals surface area (Å²) in [4.78, 5) is 11.6. The zero-order valence-corrected chi connectivity index (χ0v) is 13.0. The normalized spacial score (nSPS) is 13.1. The molecule has 0 amide bonds. The molecule has 0 aliphatic heterocycles. The van der Waals surface area contributed by atoms with Gasteiger partial charge in [-0.1, -0.05) is 28.1 Å². The van der Waals surface area contributed by atoms with E-state index in [0.29, 0.717) is 0 Å². The Morgan fingerprint density at radius 2 is 2.16 bits per heavy atom. The molecule has 1 aromatic rings. The van der Waals surface area contributed by atoms with Gasteiger partial charge in [0.25, 0.3) is 0 Å². The van der Waals surface area contributed by atoms with E-state index in [2.05, 4.69) is 21.2 Å². The minimum absolute atomic E-state index is 0.0645. The topological polar surface area (TPSA) is 58.6 Å². The van der Waals surface area contributed by atoms with Gasteiger partial charge in [0.05, 0.1) is 19.2 Å². The van der Waals surface area contributed by atoms with E-state index in [1.54, 1.807) is 0 Å². The largest absolute Gasteiger partial charge is 0.459 e. The van der Waals surface area contributed by atoms with Crippen molar-refractivity contribution in [2.24, 2.45) is 0 Å². The molecular weight excluding hydrogens is 310 g/mol. The third kappa shape index (κ3) is 6.18. The van der Waals surface area contributed by atoms with E-state index in [4.69, 9.17) is 4.74 Å². The van der Waals surface area contributed by atoms with Crippen LogP contribution in [0.15, 0.2) is 28.7 Å². The Labute approximate surface area is 122 Å². The van der Waals surface area contributed by atoms with Crippen LogP contribution in [-0.4, -0.2) is 29.8 Å². The average Bonchev–Trinajstić information content (AvgIpc) is 2.27. The van der Waals surface area contributed by atoms with Crippen LogP contribution in [-0.2, 0) is 9.53 Å². The molecule has 0 aliphatic carbocycles. The molecule has 0 unspecified atom stereocenters. The first-order valence-corrected chi connectivity index (χ1v) is 6.92. The zero-order chi connectivity index (χ0) is 14.5. The summed E-state index contributed by atoms with van der Waals surface area (Å²) < 4.78 is 6.13. The van der Waals surface area contributed by atoms with Gasteiger partial charge in [0.1, 0.15) is 5.60 Å². The highest BCUT2D eigenvalue weighted by Crippen LogP contribution is 2.18. The number of esters is 1. The lowest BCUT2D eigenvalue weighted by atomic mass is 10.1. The van der Waals surface area contributed by atoms with Crippen LogP contribution in [0.2, 0.25) is 0 Å². The number of aliphatic hydroxyl groups is 1. The van der Waals surface area contributed by atoms with Crippen molar-refractivity contribution in [1.82, 2.24) is 5.32 Å². The van der Waals surface area contributed by atoms with Gasteiger partial charge in [0.15, 0.2) is 0 Å². The summed E-state index contributed by atoms with van der Waals surface area (Å²) in [6.07, 6.45) is 0. The van der Waals surface area contributed by atoms with Gasteiger partial charge in [-0.3, -0.25) is 10.1 Å². The number of rotatable bonds is 5. The third-order valence-electron chi connectivity index (χ3n) is 2.35. The maximum Gasteiger partial charge on any atom is 0.320 e. The van der Waals surface area contributed by atoms with Gasteiger partial charge in [-0.25, -0.2) is 0 Å². The van der Waals surface area contributed by atoms with Crippen molar-refractivity contribution in [2.45, 2.75) is 32.4 Å². The molecule has 0 fully saturated rings. The van der Waals surface area contributed by atoms with Gasteiger partial charge < -0.3 is 9.84 Å². The first-order valence-electron chi connectivity index (χ1n) is 6.13. The van der Waals surface area contributed by atoms with Crippen molar-refractivity contribution in [3.05, 3.63) is 34.3 Å². The number of hydrogen-bond acceptors (Lipinski definition) is 4. The molecule has 1 rings (SSSR count). The number of carbonyl (C=O) groups excluding carboxylic acids is 1. The van der Waals surface area contributed by atoms with Crippen LogP contribution in [0.3, 0.4) is 0 Å². The molecule has 2 N–H and O–H groups in total. The average molecular weight is 330 g/mol. The second-order valence-electron chi connectivity index (χ2n) is 5.26. The first-order chi connectivity index (χ1) is 8.81. The fraction of sp³-hybridized carbons (Fsp3) is 0.500. The van der Waals surface area contributed by atoms with Crippen LogP contribution in [0.5, 0.6) is 0 Å². The number of nitrogens with one attached hydrogen (secondary N) is 1. The molecule has 0 saturated carbocycles. The first kappa shape index (κ1) is 16.1. The standard InChI is InChI=1S/C14H20BrNO3/c1-14(2,3)19-13(18)8-16-12(9-17)10-5-4-6-11(15)7-10/h4-7,12,16-17H,8-9H2,1-3H3/t12-/m1/s1. The van der Waals surface area contributed by atoms with E-state index in [-0.39, 0.29) is 25.2 Å². The maximum atomic E-state index is 11.6. The van der Waals surface area contributed by atoms with Gasteiger partial charge in [0, 0.05) is 4.47 Å². The summed E-state index contributed by atoms with van der Waals surface area (Å²) in [6.45, 7) is 5.45. The van der Waals surface area contributed by atoms with Crippen LogP contribution in [0.1, 0.15) is 32.4 Å². The predicted octanol–water partition coefficient (Wildman–Crippen LogP) is 2.41. The molecule has 0 spiro atoms. The molecule has 4 nitrogen and oxygen atoms in total. The third-order valence-corrected chi connectivity index (χ3v) is 2.84. The fourth-order valence-electron chi connectivity index (χ4n) is 1.60. The summed E-state index contributed by atoms with van der Waals surface area (Å²) >= 11 is 3.38. The number of carbonyl (C=O) groups is 1. The Balaban J connectivity index is 2.56. The number of benzene rings is 1. The van der Waals surface area contributed by atoms with Crippen LogP contribution in [0.25, 0.3) is 0 Å². The Bertz CT molecular complexity index is 429. The SMILES string of the molecule is CC(C)(C)OC(=O)CN[C@H](CO)c1cccc(Br)c1. The van der Waals surface area contributed by atoms with Crippen molar-refractivity contribution in [2.75, 3.05) is 13.2 Å². The molecule has 0 heterocycles. The summed E-state index contributed by atoms with van der Waals surface area (Å²) in [7, 11) is 0. The van der Waals surface area contributed by atoms with Crippen LogP contribution < -0.4 is 5.32 Å². The van der Waals surface area contributed by atoms with E-state index in [9.17, 15) is 9.90 Å². The predicted molar refractivity (Wildman–Crippen MR) is 77.8 cm³/mol. The van der Waals surface area contributed by atoms with Gasteiger partial charge >= 0.3 is 5.97 Å². The summed E-state index contributed by atoms with van der Waals surface area (Å²) in [6, 6.07) is 7.31. The zero-order valence-electron chi connectivity index (χ0n) is 11.4. The molecule has 1 aromatic carbocycles. The fourth-order valence-corrected chi connectivity index (χ4v) is 2.01. The molecular formula is C14H20BrNO3. The molecule has 1 atom stereocenters. The summed E-state index contributed by atoms with van der Waals surface area (Å²) in [5.74, 6) is -0.332. The van der Waals surface area contributed by atoms with Gasteiger partial charge in [-0.15, -0.1) is 0 Å². The second-order valence-corrected chi connectivity index (χ2v) is 6.17. The van der Waals surface area contributed by atoms with Crippen molar-refractivity contribution in [3.8, 4) is 0 Å². The van der Waals surface area contributed by atoms with Crippen molar-refractivity contribution >= 4 is 21.9 Å². The number of halogens is 1. The molecule has 0 aliphatic rings. The Morgan fingerprint density at radius 3 is 2.68 bits per heavy atom. The minimum Gasteiger partial charge on any atom is -0.459 e. The molecule has 0 radical (unpaired) electrons. The number of ether oxygens (including phenoxy) is 1. The highest BCUT2D eigenvalue weighted by atomic mass is 79.9. The monoisotopic (exact) mass is 329 g/mol. The van der Waals surface area contributed by atoms with E-state index in [1.165, 1.54) is 0 Å². The number of hydrogen-bond donors (Lipinski definition) is 2. The lowest BCUT2D eigenvalue weighted by Gasteiger charge is -2.21. The Kier molecular flexibility index (Phi) is 5.97. The highest BCUT2D eigenvalue weighted by molar-refractivity contribution is 9.10. The second kappa shape index (κ2) is 7.03.